The molecular formula is C31H33N3O7. The first kappa shape index (κ1) is 29.4. The predicted octanol–water partition coefficient (Wildman–Crippen LogP) is 4.47. The summed E-state index contributed by atoms with van der Waals surface area (Å²) < 4.78 is 22.4. The predicted molar refractivity (Wildman–Crippen MR) is 152 cm³/mol. The van der Waals surface area contributed by atoms with Crippen molar-refractivity contribution in [3.05, 3.63) is 90.0 Å². The number of rotatable bonds is 14. The van der Waals surface area contributed by atoms with Gasteiger partial charge in [-0.05, 0) is 74.9 Å². The summed E-state index contributed by atoms with van der Waals surface area (Å²) in [5.41, 5.74) is 2.33. The lowest BCUT2D eigenvalue weighted by molar-refractivity contribution is -0.138. The second-order valence-electron chi connectivity index (χ2n) is 9.88. The van der Waals surface area contributed by atoms with Crippen molar-refractivity contribution in [3.63, 3.8) is 0 Å². The van der Waals surface area contributed by atoms with E-state index >= 15 is 0 Å². The number of ketones is 1. The molecule has 0 unspecified atom stereocenters. The number of nitrogens with zero attached hydrogens (tertiary/aromatic N) is 3. The van der Waals surface area contributed by atoms with Crippen molar-refractivity contribution in [2.75, 3.05) is 26.6 Å². The van der Waals surface area contributed by atoms with Crippen molar-refractivity contribution in [3.8, 4) is 17.2 Å². The van der Waals surface area contributed by atoms with Crippen molar-refractivity contribution in [2.24, 2.45) is 0 Å². The van der Waals surface area contributed by atoms with Crippen LogP contribution >= 0.6 is 0 Å². The molecule has 0 spiro atoms. The molecule has 1 heterocycles. The summed E-state index contributed by atoms with van der Waals surface area (Å²) in [6.07, 6.45) is 0.494. The van der Waals surface area contributed by atoms with Gasteiger partial charge in [0, 0.05) is 17.6 Å². The molecular weight excluding hydrogens is 526 g/mol. The van der Waals surface area contributed by atoms with Gasteiger partial charge in [-0.3, -0.25) is 4.79 Å². The number of Topliss-reactive ketones (excluding diaryl/α,β-unsaturated/α-hetero) is 1. The molecule has 0 saturated carbocycles. The Balaban J connectivity index is 1.34. The van der Waals surface area contributed by atoms with Crippen molar-refractivity contribution in [2.45, 2.75) is 32.8 Å². The topological polar surface area (TPSA) is 122 Å². The van der Waals surface area contributed by atoms with E-state index in [9.17, 15) is 14.7 Å². The molecule has 0 aliphatic rings. The van der Waals surface area contributed by atoms with E-state index in [0.29, 0.717) is 34.7 Å². The summed E-state index contributed by atoms with van der Waals surface area (Å²) in [6, 6.07) is 19.7. The van der Waals surface area contributed by atoms with Crippen LogP contribution in [0.1, 0.15) is 36.7 Å². The minimum atomic E-state index is -1.43. The van der Waals surface area contributed by atoms with Gasteiger partial charge in [-0.1, -0.05) is 24.8 Å². The zero-order valence-corrected chi connectivity index (χ0v) is 23.3. The largest absolute Gasteiger partial charge is 0.491 e. The van der Waals surface area contributed by atoms with Gasteiger partial charge in [0.15, 0.2) is 12.6 Å². The average Bonchev–Trinajstić information content (AvgIpc) is 3.39. The molecule has 3 aromatic carbocycles. The fourth-order valence-corrected chi connectivity index (χ4v) is 3.79. The van der Waals surface area contributed by atoms with E-state index < -0.39 is 11.6 Å². The van der Waals surface area contributed by atoms with Gasteiger partial charge in [0.1, 0.15) is 40.4 Å². The lowest BCUT2D eigenvalue weighted by atomic mass is 9.97. The first-order valence-electron chi connectivity index (χ1n) is 13.1. The van der Waals surface area contributed by atoms with E-state index in [-0.39, 0.29) is 32.4 Å². The molecule has 214 valence electrons. The Morgan fingerprint density at radius 1 is 0.927 bits per heavy atom. The van der Waals surface area contributed by atoms with Crippen LogP contribution in [0.4, 0.5) is 0 Å². The van der Waals surface area contributed by atoms with Crippen molar-refractivity contribution in [1.82, 2.24) is 15.0 Å². The summed E-state index contributed by atoms with van der Waals surface area (Å²) in [4.78, 5) is 25.4. The normalized spacial score (nSPS) is 11.3. The molecule has 0 atom stereocenters. The second kappa shape index (κ2) is 13.2. The van der Waals surface area contributed by atoms with Crippen LogP contribution in [0.3, 0.4) is 0 Å². The number of fused-ring (bicyclic) bond motifs is 1. The van der Waals surface area contributed by atoms with Gasteiger partial charge in [-0.15, -0.1) is 15.0 Å². The lowest BCUT2D eigenvalue weighted by Gasteiger charge is -2.15. The molecule has 1 aromatic heterocycles. The Hall–Kier alpha value is -4.54. The highest BCUT2D eigenvalue weighted by molar-refractivity contribution is 6.01. The molecule has 0 fully saturated rings. The first-order valence-corrected chi connectivity index (χ1v) is 13.1. The van der Waals surface area contributed by atoms with Crippen LogP contribution in [-0.2, 0) is 20.7 Å². The number of benzene rings is 3. The number of aliphatic hydroxyl groups is 1. The minimum Gasteiger partial charge on any atom is -0.491 e. The van der Waals surface area contributed by atoms with Crippen LogP contribution in [0.2, 0.25) is 0 Å². The van der Waals surface area contributed by atoms with Crippen LogP contribution in [0.5, 0.6) is 11.5 Å². The number of esters is 1. The number of carbonyl (C=O) groups excluding carboxylic acids is 2. The lowest BCUT2D eigenvalue weighted by Crippen LogP contribution is -2.30. The number of hydrogen-bond acceptors (Lipinski definition) is 9. The molecule has 0 bridgehead atoms. The van der Waals surface area contributed by atoms with Gasteiger partial charge >= 0.3 is 5.97 Å². The monoisotopic (exact) mass is 559 g/mol. The number of hydrogen-bond donors (Lipinski definition) is 1. The zero-order valence-electron chi connectivity index (χ0n) is 23.3. The Labute approximate surface area is 238 Å². The van der Waals surface area contributed by atoms with E-state index in [1.165, 1.54) is 18.6 Å². The molecule has 4 aromatic rings. The SMILES string of the molecule is C=C(C)C(=O)OCCc1ccc(OCOCCOc2ccc(C(=O)C(C)(C)O)cc2)c(-n2nc3ccccc3n2)c1. The molecule has 0 aliphatic carbocycles. The maximum atomic E-state index is 12.1. The summed E-state index contributed by atoms with van der Waals surface area (Å²) >= 11 is 0. The average molecular weight is 560 g/mol. The highest BCUT2D eigenvalue weighted by Gasteiger charge is 2.25. The molecule has 0 aliphatic heterocycles. The summed E-state index contributed by atoms with van der Waals surface area (Å²) in [5.74, 6) is 0.303. The van der Waals surface area contributed by atoms with Crippen LogP contribution < -0.4 is 9.47 Å². The third kappa shape index (κ3) is 8.00. The highest BCUT2D eigenvalue weighted by Crippen LogP contribution is 2.25. The van der Waals surface area contributed by atoms with E-state index in [4.69, 9.17) is 18.9 Å². The van der Waals surface area contributed by atoms with E-state index in [1.807, 2.05) is 36.4 Å². The summed E-state index contributed by atoms with van der Waals surface area (Å²) in [7, 11) is 0. The Kier molecular flexibility index (Phi) is 9.49. The third-order valence-electron chi connectivity index (χ3n) is 5.96. The van der Waals surface area contributed by atoms with Gasteiger partial charge in [-0.2, -0.15) is 0 Å². The highest BCUT2D eigenvalue weighted by atomic mass is 16.7. The van der Waals surface area contributed by atoms with Gasteiger partial charge < -0.3 is 24.1 Å². The van der Waals surface area contributed by atoms with Crippen LogP contribution in [0.25, 0.3) is 16.7 Å². The second-order valence-corrected chi connectivity index (χ2v) is 9.88. The molecule has 1 N–H and O–H groups in total. The van der Waals surface area contributed by atoms with Crippen LogP contribution in [0.15, 0.2) is 78.9 Å². The van der Waals surface area contributed by atoms with E-state index in [2.05, 4.69) is 16.8 Å². The Bertz CT molecular complexity index is 1490. The van der Waals surface area contributed by atoms with Crippen molar-refractivity contribution >= 4 is 22.8 Å². The molecule has 41 heavy (non-hydrogen) atoms. The standard InChI is InChI=1S/C31H33N3O7/c1-21(2)30(36)40-16-15-22-9-14-28(27(19-22)34-32-25-7-5-6-8-26(25)33-34)41-20-38-17-18-39-24-12-10-23(11-13-24)29(35)31(3,4)37/h5-14,19,37H,1,15-18,20H2,2-4H3. The molecule has 0 saturated heterocycles. The zero-order chi connectivity index (χ0) is 29.4. The maximum absolute atomic E-state index is 12.1. The smallest absolute Gasteiger partial charge is 0.333 e. The van der Waals surface area contributed by atoms with Crippen LogP contribution in [0, 0.1) is 0 Å². The first-order chi connectivity index (χ1) is 19.6. The molecule has 0 amide bonds. The van der Waals surface area contributed by atoms with Gasteiger partial charge in [-0.25, -0.2) is 4.79 Å². The van der Waals surface area contributed by atoms with Crippen molar-refractivity contribution in [1.29, 1.82) is 0 Å². The molecule has 10 heteroatoms. The number of ether oxygens (including phenoxy) is 4. The Morgan fingerprint density at radius 3 is 2.24 bits per heavy atom. The summed E-state index contributed by atoms with van der Waals surface area (Å²) in [6.45, 7) is 8.81. The number of carbonyl (C=O) groups is 2. The maximum Gasteiger partial charge on any atom is 0.333 e. The molecule has 4 rings (SSSR count). The van der Waals surface area contributed by atoms with Crippen molar-refractivity contribution < 1.29 is 33.6 Å². The fourth-order valence-electron chi connectivity index (χ4n) is 3.79. The Morgan fingerprint density at radius 2 is 1.61 bits per heavy atom. The van der Waals surface area contributed by atoms with Gasteiger partial charge in [0.2, 0.25) is 0 Å². The van der Waals surface area contributed by atoms with Gasteiger partial charge in [0.05, 0.1) is 13.2 Å². The summed E-state index contributed by atoms with van der Waals surface area (Å²) in [5, 5.41) is 19.0. The van der Waals surface area contributed by atoms with Gasteiger partial charge in [0.25, 0.3) is 0 Å². The quantitative estimate of drug-likeness (QED) is 0.0784. The molecule has 0 radical (unpaired) electrons. The minimum absolute atomic E-state index is 0.0360. The third-order valence-corrected chi connectivity index (χ3v) is 5.96. The van der Waals surface area contributed by atoms with E-state index in [1.54, 1.807) is 37.3 Å². The molecule has 10 nitrogen and oxygen atoms in total. The fraction of sp³-hybridized carbons (Fsp3) is 0.290. The van der Waals surface area contributed by atoms with E-state index in [0.717, 1.165) is 16.6 Å². The van der Waals surface area contributed by atoms with Crippen LogP contribution in [-0.4, -0.2) is 64.1 Å². The number of aromatic nitrogens is 3.